The van der Waals surface area contributed by atoms with E-state index in [1.54, 1.807) is 18.3 Å². The van der Waals surface area contributed by atoms with Crippen LogP contribution in [0.15, 0.2) is 18.3 Å². The average Bonchev–Trinajstić information content (AvgIpc) is 1.90. The Hall–Kier alpha value is -0.304. The van der Waals surface area contributed by atoms with Gasteiger partial charge >= 0.3 is 23.1 Å². The Morgan fingerprint density at radius 1 is 1.60 bits per heavy atom. The minimum absolute atomic E-state index is 0. The van der Waals surface area contributed by atoms with Gasteiger partial charge < -0.3 is 17.4 Å². The summed E-state index contributed by atoms with van der Waals surface area (Å²) >= 11 is 0. The minimum Gasteiger partial charge on any atom is -1.00 e. The van der Waals surface area contributed by atoms with E-state index in [2.05, 4.69) is 11.1 Å². The van der Waals surface area contributed by atoms with Crippen LogP contribution in [0.1, 0.15) is 5.69 Å². The van der Waals surface area contributed by atoms with Crippen LogP contribution in [0, 0.1) is 17.4 Å². The molecule has 0 unspecified atom stereocenters. The van der Waals surface area contributed by atoms with Crippen LogP contribution in [0.25, 0.3) is 0 Å². The van der Waals surface area contributed by atoms with Gasteiger partial charge in [-0.15, -0.1) is 6.07 Å². The van der Waals surface area contributed by atoms with Crippen LogP contribution in [0.4, 0.5) is 0 Å². The maximum atomic E-state index is 8.21. The second-order valence-corrected chi connectivity index (χ2v) is 1.25. The van der Waals surface area contributed by atoms with Crippen molar-refractivity contribution < 1.29 is 12.4 Å². The predicted molar refractivity (Wildman–Crippen MR) is 33.5 cm³/mol. The predicted octanol–water partition coefficient (Wildman–Crippen LogP) is -2.62. The Morgan fingerprint density at radius 2 is 2.30 bits per heavy atom. The molecule has 0 N–H and O–H groups in total. The number of nitriles is 1. The van der Waals surface area contributed by atoms with Gasteiger partial charge in [-0.3, -0.25) is 0 Å². The largest absolute Gasteiger partial charge is 2.00 e. The number of hydrogen-bond donors (Lipinski definition) is 0. The molecule has 0 spiro atoms. The summed E-state index contributed by atoms with van der Waals surface area (Å²) in [4.78, 5) is 3.70. The standard InChI is InChI=1S/C6H3N2.ClH.Mg/c7-5-6-3-1-2-4-8-6;;/h2-4H;1H;/q-1;;+2/p-1. The summed E-state index contributed by atoms with van der Waals surface area (Å²) in [5.41, 5.74) is 0.410. The third kappa shape index (κ3) is 3.67. The van der Waals surface area contributed by atoms with Crippen LogP contribution in [0.2, 0.25) is 0 Å². The van der Waals surface area contributed by atoms with E-state index >= 15 is 0 Å². The van der Waals surface area contributed by atoms with Gasteiger partial charge in [0.15, 0.2) is 0 Å². The van der Waals surface area contributed by atoms with E-state index in [0.29, 0.717) is 5.69 Å². The quantitative estimate of drug-likeness (QED) is 0.310. The summed E-state index contributed by atoms with van der Waals surface area (Å²) < 4.78 is 0. The molecule has 0 aliphatic rings. The molecule has 0 saturated heterocycles. The van der Waals surface area contributed by atoms with E-state index in [1.165, 1.54) is 0 Å². The van der Waals surface area contributed by atoms with Crippen molar-refractivity contribution in [3.05, 3.63) is 30.1 Å². The second-order valence-electron chi connectivity index (χ2n) is 1.25. The first-order valence-corrected chi connectivity index (χ1v) is 2.15. The van der Waals surface area contributed by atoms with Crippen LogP contribution in [0.5, 0.6) is 0 Å². The van der Waals surface area contributed by atoms with Gasteiger partial charge in [0.25, 0.3) is 0 Å². The number of hydrogen-bond acceptors (Lipinski definition) is 2. The van der Waals surface area contributed by atoms with Gasteiger partial charge in [-0.2, -0.15) is 12.1 Å². The topological polar surface area (TPSA) is 36.7 Å². The summed E-state index contributed by atoms with van der Waals surface area (Å²) in [5, 5.41) is 8.21. The Labute approximate surface area is 81.8 Å². The molecule has 0 bridgehead atoms. The SMILES string of the molecule is N#Cc1c[c-]ccn1.[Cl-].[Mg+2]. The molecule has 4 heteroatoms. The summed E-state index contributed by atoms with van der Waals surface area (Å²) in [6.45, 7) is 0. The van der Waals surface area contributed by atoms with Crippen molar-refractivity contribution >= 4 is 23.1 Å². The normalized spacial score (nSPS) is 6.30. The molecule has 1 aromatic rings. The molecule has 1 rings (SSSR count). The molecule has 10 heavy (non-hydrogen) atoms. The number of halogens is 1. The molecule has 0 aromatic carbocycles. The van der Waals surface area contributed by atoms with Gasteiger partial charge in [0, 0.05) is 5.69 Å². The van der Waals surface area contributed by atoms with Crippen molar-refractivity contribution in [2.75, 3.05) is 0 Å². The fourth-order valence-electron chi connectivity index (χ4n) is 0.386. The molecule has 0 atom stereocenters. The Morgan fingerprint density at radius 3 is 2.60 bits per heavy atom. The van der Waals surface area contributed by atoms with E-state index < -0.39 is 0 Å². The Bertz CT molecular complexity index is 207. The molecule has 0 fully saturated rings. The summed E-state index contributed by atoms with van der Waals surface area (Å²) in [6.07, 6.45) is 1.54. The van der Waals surface area contributed by atoms with Crippen molar-refractivity contribution in [3.63, 3.8) is 0 Å². The van der Waals surface area contributed by atoms with Gasteiger partial charge in [0.2, 0.25) is 0 Å². The van der Waals surface area contributed by atoms with Gasteiger partial charge in [0.05, 0.1) is 6.07 Å². The van der Waals surface area contributed by atoms with E-state index in [1.807, 2.05) is 6.07 Å². The summed E-state index contributed by atoms with van der Waals surface area (Å²) in [6, 6.07) is 7.81. The van der Waals surface area contributed by atoms with Crippen molar-refractivity contribution in [1.82, 2.24) is 4.98 Å². The fraction of sp³-hybridized carbons (Fsp3) is 0. The molecule has 1 aromatic heterocycles. The molecule has 2 nitrogen and oxygen atoms in total. The van der Waals surface area contributed by atoms with Gasteiger partial charge in [-0.1, -0.05) is 6.20 Å². The monoisotopic (exact) mass is 162 g/mol. The van der Waals surface area contributed by atoms with E-state index in [-0.39, 0.29) is 35.5 Å². The van der Waals surface area contributed by atoms with Crippen LogP contribution in [-0.4, -0.2) is 28.0 Å². The van der Waals surface area contributed by atoms with E-state index in [9.17, 15) is 0 Å². The van der Waals surface area contributed by atoms with E-state index in [0.717, 1.165) is 0 Å². The molecule has 0 saturated carbocycles. The molecule has 1 heterocycles. The minimum atomic E-state index is 0. The van der Waals surface area contributed by atoms with Crippen molar-refractivity contribution in [2.45, 2.75) is 0 Å². The summed E-state index contributed by atoms with van der Waals surface area (Å²) in [5.74, 6) is 0. The molecule has 0 amide bonds. The van der Waals surface area contributed by atoms with Crippen LogP contribution >= 0.6 is 0 Å². The third-order valence-corrected chi connectivity index (χ3v) is 0.719. The maximum Gasteiger partial charge on any atom is 2.00 e. The number of aromatic nitrogens is 1. The number of pyridine rings is 1. The van der Waals surface area contributed by atoms with Crippen molar-refractivity contribution in [2.24, 2.45) is 0 Å². The second kappa shape index (κ2) is 6.81. The first-order chi connectivity index (χ1) is 3.93. The first-order valence-electron chi connectivity index (χ1n) is 2.15. The Balaban J connectivity index is 0. The van der Waals surface area contributed by atoms with Crippen LogP contribution in [-0.2, 0) is 0 Å². The van der Waals surface area contributed by atoms with Gasteiger partial charge in [-0.05, 0) is 0 Å². The summed E-state index contributed by atoms with van der Waals surface area (Å²) in [7, 11) is 0. The first kappa shape index (κ1) is 12.4. The van der Waals surface area contributed by atoms with E-state index in [4.69, 9.17) is 5.26 Å². The maximum absolute atomic E-state index is 8.21. The molecule has 0 aliphatic heterocycles. The van der Waals surface area contributed by atoms with Gasteiger partial charge in [-0.25, -0.2) is 5.26 Å². The number of rotatable bonds is 0. The van der Waals surface area contributed by atoms with Crippen molar-refractivity contribution in [3.8, 4) is 6.07 Å². The zero-order chi connectivity index (χ0) is 5.82. The molecule has 0 radical (unpaired) electrons. The van der Waals surface area contributed by atoms with Crippen molar-refractivity contribution in [1.29, 1.82) is 5.26 Å². The molecular weight excluding hydrogens is 160 g/mol. The van der Waals surface area contributed by atoms with Crippen LogP contribution < -0.4 is 12.4 Å². The fourth-order valence-corrected chi connectivity index (χ4v) is 0.386. The number of nitrogens with zero attached hydrogens (tertiary/aromatic N) is 2. The molecule has 46 valence electrons. The zero-order valence-corrected chi connectivity index (χ0v) is 7.38. The Kier molecular flexibility index (Phi) is 8.43. The van der Waals surface area contributed by atoms with Crippen LogP contribution in [0.3, 0.4) is 0 Å². The molecule has 0 aliphatic carbocycles. The zero-order valence-electron chi connectivity index (χ0n) is 5.21. The van der Waals surface area contributed by atoms with Gasteiger partial charge in [0.1, 0.15) is 0 Å². The average molecular weight is 163 g/mol. The molecular formula is C6H3ClMgN2. The smallest absolute Gasteiger partial charge is 1.00 e. The third-order valence-electron chi connectivity index (χ3n) is 0.719.